The predicted octanol–water partition coefficient (Wildman–Crippen LogP) is 3.27. The highest BCUT2D eigenvalue weighted by Gasteiger charge is 2.16. The average molecular weight is 270 g/mol. The van der Waals surface area contributed by atoms with Crippen LogP contribution in [0, 0.1) is 28.4 Å². The van der Waals surface area contributed by atoms with Crippen molar-refractivity contribution in [3.63, 3.8) is 0 Å². The third-order valence-corrected chi connectivity index (χ3v) is 2.65. The summed E-state index contributed by atoms with van der Waals surface area (Å²) in [6.07, 6.45) is 0. The summed E-state index contributed by atoms with van der Waals surface area (Å²) in [6.45, 7) is 1.63. The number of nitro benzene ring substituents is 1. The molecule has 0 aliphatic rings. The fourth-order valence-electron chi connectivity index (χ4n) is 1.71. The van der Waals surface area contributed by atoms with Crippen LogP contribution in [-0.4, -0.2) is 10.0 Å². The van der Waals surface area contributed by atoms with E-state index in [0.717, 1.165) is 0 Å². The number of hydrogen-bond donors (Lipinski definition) is 1. The van der Waals surface area contributed by atoms with Crippen molar-refractivity contribution in [1.82, 2.24) is 0 Å². The molecule has 20 heavy (non-hydrogen) atoms. The summed E-state index contributed by atoms with van der Waals surface area (Å²) in [5, 5.41) is 29.0. The molecule has 0 atom stereocenters. The number of nitro groups is 1. The largest absolute Gasteiger partial charge is 0.508 e. The molecule has 1 N–H and O–H groups in total. The molecule has 100 valence electrons. The first-order valence-electron chi connectivity index (χ1n) is 5.67. The van der Waals surface area contributed by atoms with E-state index in [1.165, 1.54) is 36.4 Å². The number of ether oxygens (including phenoxy) is 1. The van der Waals surface area contributed by atoms with E-state index in [9.17, 15) is 15.2 Å². The van der Waals surface area contributed by atoms with Gasteiger partial charge < -0.3 is 9.84 Å². The highest BCUT2D eigenvalue weighted by molar-refractivity contribution is 5.56. The van der Waals surface area contributed by atoms with Crippen LogP contribution < -0.4 is 4.74 Å². The lowest BCUT2D eigenvalue weighted by Gasteiger charge is -2.10. The van der Waals surface area contributed by atoms with E-state index in [1.807, 2.05) is 6.07 Å². The van der Waals surface area contributed by atoms with Crippen LogP contribution >= 0.6 is 0 Å². The lowest BCUT2D eigenvalue weighted by molar-refractivity contribution is -0.384. The van der Waals surface area contributed by atoms with Crippen molar-refractivity contribution < 1.29 is 14.8 Å². The molecule has 6 nitrogen and oxygen atoms in total. The summed E-state index contributed by atoms with van der Waals surface area (Å²) >= 11 is 0. The maximum Gasteiger partial charge on any atom is 0.271 e. The van der Waals surface area contributed by atoms with Gasteiger partial charge in [0.15, 0.2) is 0 Å². The standard InChI is InChI=1S/C14H10N2O4/c1-9-6-11(16(18)19)7-10(8-15)14(9)20-13-4-2-12(17)3-5-13/h2-7,17H,1H3. The zero-order chi connectivity index (χ0) is 14.7. The molecule has 0 aliphatic carbocycles. The minimum atomic E-state index is -0.557. The first-order valence-corrected chi connectivity index (χ1v) is 5.67. The SMILES string of the molecule is Cc1cc([N+](=O)[O-])cc(C#N)c1Oc1ccc(O)cc1. The molecule has 0 spiro atoms. The van der Waals surface area contributed by atoms with Gasteiger partial charge in [-0.25, -0.2) is 0 Å². The Kier molecular flexibility index (Phi) is 3.53. The molecule has 0 fully saturated rings. The minimum absolute atomic E-state index is 0.0878. The number of phenols is 1. The zero-order valence-corrected chi connectivity index (χ0v) is 10.5. The van der Waals surface area contributed by atoms with Gasteiger partial charge in [0.25, 0.3) is 5.69 Å². The first kappa shape index (κ1) is 13.4. The van der Waals surface area contributed by atoms with Gasteiger partial charge in [0.2, 0.25) is 0 Å². The van der Waals surface area contributed by atoms with E-state index in [1.54, 1.807) is 6.92 Å². The molecule has 2 rings (SSSR count). The van der Waals surface area contributed by atoms with E-state index in [4.69, 9.17) is 10.00 Å². The molecular weight excluding hydrogens is 260 g/mol. The van der Waals surface area contributed by atoms with Crippen LogP contribution in [0.2, 0.25) is 0 Å². The quantitative estimate of drug-likeness (QED) is 0.681. The molecule has 2 aromatic carbocycles. The smallest absolute Gasteiger partial charge is 0.271 e. The van der Waals surface area contributed by atoms with Gasteiger partial charge in [0.05, 0.1) is 4.92 Å². The second-order valence-electron chi connectivity index (χ2n) is 4.10. The predicted molar refractivity (Wildman–Crippen MR) is 70.7 cm³/mol. The van der Waals surface area contributed by atoms with Gasteiger partial charge in [0, 0.05) is 12.1 Å². The number of rotatable bonds is 3. The molecule has 2 aromatic rings. The Morgan fingerprint density at radius 2 is 1.95 bits per heavy atom. The molecule has 0 saturated carbocycles. The Morgan fingerprint density at radius 3 is 2.50 bits per heavy atom. The van der Waals surface area contributed by atoms with Crippen LogP contribution in [0.4, 0.5) is 5.69 Å². The summed E-state index contributed by atoms with van der Waals surface area (Å²) < 4.78 is 5.56. The van der Waals surface area contributed by atoms with Crippen molar-refractivity contribution in [3.05, 3.63) is 57.6 Å². The molecule has 6 heteroatoms. The van der Waals surface area contributed by atoms with Crippen LogP contribution in [0.5, 0.6) is 17.2 Å². The highest BCUT2D eigenvalue weighted by atomic mass is 16.6. The summed E-state index contributed by atoms with van der Waals surface area (Å²) in [5.41, 5.74) is 0.422. The minimum Gasteiger partial charge on any atom is -0.508 e. The van der Waals surface area contributed by atoms with Gasteiger partial charge >= 0.3 is 0 Å². The van der Waals surface area contributed by atoms with Crippen molar-refractivity contribution in [1.29, 1.82) is 5.26 Å². The monoisotopic (exact) mass is 270 g/mol. The Bertz CT molecular complexity index is 702. The van der Waals surface area contributed by atoms with Gasteiger partial charge in [-0.3, -0.25) is 10.1 Å². The fourth-order valence-corrected chi connectivity index (χ4v) is 1.71. The molecule has 0 unspecified atom stereocenters. The van der Waals surface area contributed by atoms with E-state index in [-0.39, 0.29) is 22.7 Å². The Balaban J connectivity index is 2.44. The van der Waals surface area contributed by atoms with Crippen molar-refractivity contribution in [2.45, 2.75) is 6.92 Å². The fraction of sp³-hybridized carbons (Fsp3) is 0.0714. The molecule has 0 amide bonds. The number of aromatic hydroxyl groups is 1. The zero-order valence-electron chi connectivity index (χ0n) is 10.5. The number of hydrogen-bond acceptors (Lipinski definition) is 5. The van der Waals surface area contributed by atoms with Gasteiger partial charge in [0.1, 0.15) is 28.9 Å². The Hall–Kier alpha value is -3.07. The Labute approximate surface area is 114 Å². The van der Waals surface area contributed by atoms with Crippen molar-refractivity contribution >= 4 is 5.69 Å². The third kappa shape index (κ3) is 2.67. The van der Waals surface area contributed by atoms with Crippen LogP contribution in [0.3, 0.4) is 0 Å². The van der Waals surface area contributed by atoms with Crippen LogP contribution in [0.25, 0.3) is 0 Å². The third-order valence-electron chi connectivity index (χ3n) is 2.65. The molecule has 0 saturated heterocycles. The second-order valence-corrected chi connectivity index (χ2v) is 4.10. The molecule has 0 aromatic heterocycles. The Morgan fingerprint density at radius 1 is 1.30 bits per heavy atom. The second kappa shape index (κ2) is 5.28. The molecule has 0 heterocycles. The van der Waals surface area contributed by atoms with E-state index in [0.29, 0.717) is 11.3 Å². The number of phenolic OH excluding ortho intramolecular Hbond substituents is 1. The van der Waals surface area contributed by atoms with Crippen LogP contribution in [-0.2, 0) is 0 Å². The van der Waals surface area contributed by atoms with Crippen molar-refractivity contribution in [3.8, 4) is 23.3 Å². The summed E-state index contributed by atoms with van der Waals surface area (Å²) in [7, 11) is 0. The molecule has 0 radical (unpaired) electrons. The van der Waals surface area contributed by atoms with Crippen molar-refractivity contribution in [2.75, 3.05) is 0 Å². The first-order chi connectivity index (χ1) is 9.51. The molecule has 0 aliphatic heterocycles. The van der Waals surface area contributed by atoms with Gasteiger partial charge in [-0.15, -0.1) is 0 Å². The lowest BCUT2D eigenvalue weighted by Crippen LogP contribution is -1.95. The number of benzene rings is 2. The summed E-state index contributed by atoms with van der Waals surface area (Å²) in [6, 6.07) is 10.4. The molecule has 0 bridgehead atoms. The van der Waals surface area contributed by atoms with E-state index >= 15 is 0 Å². The average Bonchev–Trinajstić information content (AvgIpc) is 2.42. The van der Waals surface area contributed by atoms with E-state index < -0.39 is 4.92 Å². The van der Waals surface area contributed by atoms with Gasteiger partial charge in [-0.2, -0.15) is 5.26 Å². The topological polar surface area (TPSA) is 96.4 Å². The normalized spacial score (nSPS) is 9.80. The highest BCUT2D eigenvalue weighted by Crippen LogP contribution is 2.32. The van der Waals surface area contributed by atoms with E-state index in [2.05, 4.69) is 0 Å². The molecular formula is C14H10N2O4. The van der Waals surface area contributed by atoms with Gasteiger partial charge in [-0.05, 0) is 36.8 Å². The number of non-ortho nitro benzene ring substituents is 1. The lowest BCUT2D eigenvalue weighted by atomic mass is 10.1. The van der Waals surface area contributed by atoms with Crippen LogP contribution in [0.15, 0.2) is 36.4 Å². The van der Waals surface area contributed by atoms with Crippen LogP contribution in [0.1, 0.15) is 11.1 Å². The number of aryl methyl sites for hydroxylation is 1. The number of nitriles is 1. The summed E-state index contributed by atoms with van der Waals surface area (Å²) in [5.74, 6) is 0.790. The maximum absolute atomic E-state index is 10.8. The number of nitrogens with zero attached hydrogens (tertiary/aromatic N) is 2. The van der Waals surface area contributed by atoms with Gasteiger partial charge in [-0.1, -0.05) is 0 Å². The van der Waals surface area contributed by atoms with Crippen molar-refractivity contribution in [2.24, 2.45) is 0 Å². The maximum atomic E-state index is 10.8. The summed E-state index contributed by atoms with van der Waals surface area (Å²) in [4.78, 5) is 10.2.